The second kappa shape index (κ2) is 65.7. The van der Waals surface area contributed by atoms with Gasteiger partial charge in [-0.3, -0.25) is 37.3 Å². The van der Waals surface area contributed by atoms with E-state index in [1.54, 1.807) is 0 Å². The molecule has 0 rings (SSSR count). The molecule has 0 fully saturated rings. The summed E-state index contributed by atoms with van der Waals surface area (Å²) >= 11 is 0. The van der Waals surface area contributed by atoms with Crippen molar-refractivity contribution in [2.45, 2.75) is 401 Å². The molecule has 3 N–H and O–H groups in total. The number of phosphoric ester groups is 2. The standard InChI is InChI=1S/C75H146O17P2/c1-8-9-10-11-12-13-14-15-16-17-21-27-35-42-49-56-72(77)85-62-70(91-74(79)58-51-44-37-28-22-19-18-20-25-32-39-46-53-66(2)3)64-89-93(81,82)87-60-69(76)61-88-94(83,84)90-65-71(63-86-73(78)57-50-43-36-31-30-34-41-48-55-68(6)7)92-75(80)59-52-45-38-29-24-23-26-33-40-47-54-67(4)5/h66-71,76H,8-65H2,1-7H3,(H,81,82)(H,83,84)/t69-,70-,71-/m1/s1. The molecule has 19 heteroatoms. The Morgan fingerprint density at radius 3 is 0.723 bits per heavy atom. The molecule has 0 aromatic carbocycles. The lowest BCUT2D eigenvalue weighted by Gasteiger charge is -2.21. The number of aliphatic hydroxyl groups is 1. The molecule has 5 atom stereocenters. The average molecular weight is 1380 g/mol. The highest BCUT2D eigenvalue weighted by molar-refractivity contribution is 7.47. The predicted molar refractivity (Wildman–Crippen MR) is 381 cm³/mol. The van der Waals surface area contributed by atoms with E-state index in [0.29, 0.717) is 25.7 Å². The molecular weight excluding hydrogens is 1230 g/mol. The van der Waals surface area contributed by atoms with E-state index >= 15 is 0 Å². The number of hydrogen-bond acceptors (Lipinski definition) is 15. The number of ether oxygens (including phenoxy) is 4. The summed E-state index contributed by atoms with van der Waals surface area (Å²) in [6.45, 7) is 11.9. The van der Waals surface area contributed by atoms with E-state index in [9.17, 15) is 43.2 Å². The van der Waals surface area contributed by atoms with Gasteiger partial charge in [0, 0.05) is 25.7 Å². The third-order valence-corrected chi connectivity index (χ3v) is 19.3. The smallest absolute Gasteiger partial charge is 0.462 e. The molecule has 0 heterocycles. The Labute approximate surface area is 575 Å². The number of unbranched alkanes of at least 4 members (excludes halogenated alkanes) is 41. The van der Waals surface area contributed by atoms with Gasteiger partial charge in [-0.1, -0.05) is 331 Å². The minimum absolute atomic E-state index is 0.105. The van der Waals surface area contributed by atoms with Crippen molar-refractivity contribution in [2.24, 2.45) is 17.8 Å². The molecule has 17 nitrogen and oxygen atoms in total. The van der Waals surface area contributed by atoms with E-state index in [4.69, 9.17) is 37.0 Å². The van der Waals surface area contributed by atoms with E-state index in [1.165, 1.54) is 193 Å². The third-order valence-electron chi connectivity index (χ3n) is 17.4. The van der Waals surface area contributed by atoms with Crippen LogP contribution in [0.4, 0.5) is 0 Å². The maximum Gasteiger partial charge on any atom is 0.472 e. The Hall–Kier alpha value is -1.94. The molecule has 558 valence electrons. The summed E-state index contributed by atoms with van der Waals surface area (Å²) in [5.74, 6) is 0.136. The van der Waals surface area contributed by atoms with Crippen LogP contribution in [0.3, 0.4) is 0 Å². The number of carbonyl (C=O) groups is 4. The normalized spacial score (nSPS) is 14.1. The molecule has 0 aromatic rings. The first kappa shape index (κ1) is 92.1. The van der Waals surface area contributed by atoms with Crippen molar-refractivity contribution in [1.82, 2.24) is 0 Å². The van der Waals surface area contributed by atoms with Crippen LogP contribution < -0.4 is 0 Å². The Balaban J connectivity index is 5.26. The van der Waals surface area contributed by atoms with Gasteiger partial charge in [-0.15, -0.1) is 0 Å². The molecule has 0 bridgehead atoms. The van der Waals surface area contributed by atoms with Crippen LogP contribution in [0.5, 0.6) is 0 Å². The summed E-state index contributed by atoms with van der Waals surface area (Å²) in [6, 6.07) is 0. The Kier molecular flexibility index (Phi) is 64.3. The molecule has 94 heavy (non-hydrogen) atoms. The van der Waals surface area contributed by atoms with Gasteiger partial charge in [-0.05, 0) is 43.4 Å². The van der Waals surface area contributed by atoms with Crippen LogP contribution in [-0.2, 0) is 65.4 Å². The summed E-state index contributed by atoms with van der Waals surface area (Å²) in [6.07, 6.45) is 51.3. The molecule has 0 aliphatic rings. The molecule has 0 saturated heterocycles. The zero-order valence-electron chi connectivity index (χ0n) is 61.4. The van der Waals surface area contributed by atoms with Gasteiger partial charge in [0.05, 0.1) is 26.4 Å². The second-order valence-electron chi connectivity index (χ2n) is 28.5. The first-order valence-corrected chi connectivity index (χ1v) is 41.8. The van der Waals surface area contributed by atoms with E-state index in [-0.39, 0.29) is 25.7 Å². The summed E-state index contributed by atoms with van der Waals surface area (Å²) in [5, 5.41) is 10.6. The molecule has 0 aliphatic heterocycles. The first-order valence-electron chi connectivity index (χ1n) is 38.8. The molecule has 0 aliphatic carbocycles. The molecule has 0 spiro atoms. The van der Waals surface area contributed by atoms with Crippen LogP contribution >= 0.6 is 15.6 Å². The molecule has 0 aromatic heterocycles. The van der Waals surface area contributed by atoms with Gasteiger partial charge in [0.25, 0.3) is 0 Å². The number of rotatable bonds is 73. The second-order valence-corrected chi connectivity index (χ2v) is 31.4. The molecule has 0 saturated carbocycles. The van der Waals surface area contributed by atoms with E-state index < -0.39 is 97.5 Å². The zero-order chi connectivity index (χ0) is 69.4. The summed E-state index contributed by atoms with van der Waals surface area (Å²) in [5.41, 5.74) is 0. The van der Waals surface area contributed by atoms with Crippen LogP contribution in [-0.4, -0.2) is 96.7 Å². The topological polar surface area (TPSA) is 237 Å². The lowest BCUT2D eigenvalue weighted by molar-refractivity contribution is -0.161. The van der Waals surface area contributed by atoms with Crippen LogP contribution in [0.2, 0.25) is 0 Å². The summed E-state index contributed by atoms with van der Waals surface area (Å²) in [7, 11) is -9.91. The number of aliphatic hydroxyl groups excluding tert-OH is 1. The fourth-order valence-electron chi connectivity index (χ4n) is 11.4. The summed E-state index contributed by atoms with van der Waals surface area (Å²) < 4.78 is 68.5. The minimum atomic E-state index is -4.96. The van der Waals surface area contributed by atoms with Crippen molar-refractivity contribution in [1.29, 1.82) is 0 Å². The van der Waals surface area contributed by atoms with Crippen LogP contribution in [0, 0.1) is 17.8 Å². The van der Waals surface area contributed by atoms with Gasteiger partial charge in [-0.2, -0.15) is 0 Å². The highest BCUT2D eigenvalue weighted by Gasteiger charge is 2.30. The summed E-state index contributed by atoms with van der Waals surface area (Å²) in [4.78, 5) is 72.8. The van der Waals surface area contributed by atoms with Gasteiger partial charge >= 0.3 is 39.5 Å². The Morgan fingerprint density at radius 1 is 0.287 bits per heavy atom. The van der Waals surface area contributed by atoms with Gasteiger partial charge < -0.3 is 33.8 Å². The fraction of sp³-hybridized carbons (Fsp3) is 0.947. The van der Waals surface area contributed by atoms with Gasteiger partial charge in [0.1, 0.15) is 19.3 Å². The Bertz CT molecular complexity index is 1840. The number of esters is 4. The van der Waals surface area contributed by atoms with Crippen molar-refractivity contribution in [3.05, 3.63) is 0 Å². The largest absolute Gasteiger partial charge is 0.472 e. The maximum atomic E-state index is 13.1. The quantitative estimate of drug-likeness (QED) is 0.0222. The van der Waals surface area contributed by atoms with Gasteiger partial charge in [0.2, 0.25) is 0 Å². The average Bonchev–Trinajstić information content (AvgIpc) is 3.17. The highest BCUT2D eigenvalue weighted by atomic mass is 31.2. The third kappa shape index (κ3) is 68.6. The lowest BCUT2D eigenvalue weighted by atomic mass is 10.0. The monoisotopic (exact) mass is 1380 g/mol. The van der Waals surface area contributed by atoms with Crippen molar-refractivity contribution in [2.75, 3.05) is 39.6 Å². The van der Waals surface area contributed by atoms with Gasteiger partial charge in [-0.25, -0.2) is 9.13 Å². The van der Waals surface area contributed by atoms with Crippen molar-refractivity contribution in [3.63, 3.8) is 0 Å². The zero-order valence-corrected chi connectivity index (χ0v) is 63.2. The molecule has 2 unspecified atom stereocenters. The number of carbonyl (C=O) groups excluding carboxylic acids is 4. The van der Waals surface area contributed by atoms with E-state index in [0.717, 1.165) is 108 Å². The molecule has 0 radical (unpaired) electrons. The molecular formula is C75H146O17P2. The van der Waals surface area contributed by atoms with Crippen molar-refractivity contribution < 1.29 is 80.2 Å². The van der Waals surface area contributed by atoms with Crippen LogP contribution in [0.25, 0.3) is 0 Å². The lowest BCUT2D eigenvalue weighted by Crippen LogP contribution is -2.30. The van der Waals surface area contributed by atoms with Crippen LogP contribution in [0.15, 0.2) is 0 Å². The molecule has 0 amide bonds. The number of phosphoric acid groups is 2. The van der Waals surface area contributed by atoms with E-state index in [2.05, 4.69) is 48.5 Å². The van der Waals surface area contributed by atoms with E-state index in [1.807, 2.05) is 0 Å². The van der Waals surface area contributed by atoms with Crippen LogP contribution in [0.1, 0.15) is 382 Å². The fourth-order valence-corrected chi connectivity index (χ4v) is 13.0. The SMILES string of the molecule is CCCCCCCCCCCCCCCCCC(=O)OC[C@H](COP(=O)(O)OC[C@@H](O)COP(=O)(O)OC[C@@H](COC(=O)CCCCCCCCCCC(C)C)OC(=O)CCCCCCCCCCCCC(C)C)OC(=O)CCCCCCCCCCCCCCC(C)C. The number of hydrogen-bond donors (Lipinski definition) is 3. The first-order chi connectivity index (χ1) is 45.2. The maximum absolute atomic E-state index is 13.1. The highest BCUT2D eigenvalue weighted by Crippen LogP contribution is 2.45. The predicted octanol–water partition coefficient (Wildman–Crippen LogP) is 21.8. The van der Waals surface area contributed by atoms with Crippen molar-refractivity contribution >= 4 is 39.5 Å². The minimum Gasteiger partial charge on any atom is -0.462 e. The van der Waals surface area contributed by atoms with Gasteiger partial charge in [0.15, 0.2) is 12.2 Å². The Morgan fingerprint density at radius 2 is 0.489 bits per heavy atom. The van der Waals surface area contributed by atoms with Crippen molar-refractivity contribution in [3.8, 4) is 0 Å².